The molecular weight excluding hydrogens is 476 g/mol. The normalized spacial score (nSPS) is 13.7. The molecule has 1 fully saturated rings. The van der Waals surface area contributed by atoms with Crippen LogP contribution in [0.5, 0.6) is 0 Å². The number of nitro groups is 1. The summed E-state index contributed by atoms with van der Waals surface area (Å²) in [6.45, 7) is 1.90. The highest BCUT2D eigenvalue weighted by Crippen LogP contribution is 2.30. The second kappa shape index (κ2) is 10.4. The lowest BCUT2D eigenvalue weighted by atomic mass is 10.1. The van der Waals surface area contributed by atoms with Crippen LogP contribution in [0.3, 0.4) is 0 Å². The summed E-state index contributed by atoms with van der Waals surface area (Å²) in [5, 5.41) is 22.7. The predicted octanol–water partition coefficient (Wildman–Crippen LogP) is 4.63. The van der Waals surface area contributed by atoms with Gasteiger partial charge in [0, 0.05) is 30.8 Å². The number of rotatable bonds is 6. The van der Waals surface area contributed by atoms with E-state index in [1.165, 1.54) is 28.9 Å². The van der Waals surface area contributed by atoms with Gasteiger partial charge in [-0.25, -0.2) is 4.68 Å². The topological polar surface area (TPSA) is 135 Å². The first-order valence-electron chi connectivity index (χ1n) is 11.6. The molecular formula is C26H22N6O5. The second-order valence-electron chi connectivity index (χ2n) is 8.24. The lowest BCUT2D eigenvalue weighted by Crippen LogP contribution is -2.40. The van der Waals surface area contributed by atoms with Crippen LogP contribution >= 0.6 is 0 Å². The zero-order chi connectivity index (χ0) is 25.8. The number of nitrogens with one attached hydrogen (secondary N) is 1. The van der Waals surface area contributed by atoms with Crippen LogP contribution in [0.15, 0.2) is 93.9 Å². The van der Waals surface area contributed by atoms with E-state index in [-0.39, 0.29) is 17.3 Å². The summed E-state index contributed by atoms with van der Waals surface area (Å²) >= 11 is 0. The van der Waals surface area contributed by atoms with E-state index in [0.29, 0.717) is 54.5 Å². The highest BCUT2D eigenvalue weighted by Gasteiger charge is 2.22. The molecule has 0 radical (unpaired) electrons. The molecule has 4 aromatic rings. The van der Waals surface area contributed by atoms with Crippen LogP contribution in [0.2, 0.25) is 0 Å². The number of nitro benzene ring substituents is 1. The molecule has 3 aromatic carbocycles. The number of hydrogen-bond acceptors (Lipinski definition) is 7. The van der Waals surface area contributed by atoms with Crippen molar-refractivity contribution in [3.63, 3.8) is 0 Å². The van der Waals surface area contributed by atoms with E-state index >= 15 is 0 Å². The number of carbonyl (C=O) groups is 1. The van der Waals surface area contributed by atoms with Crippen molar-refractivity contribution < 1.29 is 14.5 Å². The molecule has 0 unspecified atom stereocenters. The van der Waals surface area contributed by atoms with Crippen LogP contribution in [-0.2, 0) is 4.74 Å². The van der Waals surface area contributed by atoms with Gasteiger partial charge in [0.15, 0.2) is 5.69 Å². The molecule has 0 aliphatic carbocycles. The van der Waals surface area contributed by atoms with Crippen LogP contribution in [0.25, 0.3) is 16.9 Å². The molecule has 0 saturated carbocycles. The minimum absolute atomic E-state index is 0.00586. The largest absolute Gasteiger partial charge is 0.378 e. The third-order valence-electron chi connectivity index (χ3n) is 5.94. The first-order chi connectivity index (χ1) is 18.0. The zero-order valence-corrected chi connectivity index (χ0v) is 19.6. The molecule has 0 atom stereocenters. The van der Waals surface area contributed by atoms with Gasteiger partial charge < -0.3 is 9.64 Å². The highest BCUT2D eigenvalue weighted by molar-refractivity contribution is 5.99. The zero-order valence-electron chi connectivity index (χ0n) is 19.6. The van der Waals surface area contributed by atoms with Crippen molar-refractivity contribution in [3.05, 3.63) is 105 Å². The summed E-state index contributed by atoms with van der Waals surface area (Å²) < 4.78 is 6.66. The number of aromatic amines is 1. The maximum Gasteiger partial charge on any atom is 0.299 e. The van der Waals surface area contributed by atoms with E-state index in [9.17, 15) is 19.7 Å². The molecule has 1 saturated heterocycles. The van der Waals surface area contributed by atoms with Crippen molar-refractivity contribution in [3.8, 4) is 16.9 Å². The number of hydrogen-bond donors (Lipinski definition) is 1. The summed E-state index contributed by atoms with van der Waals surface area (Å²) in [7, 11) is 0. The van der Waals surface area contributed by atoms with Gasteiger partial charge >= 0.3 is 0 Å². The fourth-order valence-corrected chi connectivity index (χ4v) is 4.01. The number of amides is 1. The van der Waals surface area contributed by atoms with E-state index < -0.39 is 10.5 Å². The number of aromatic nitrogens is 2. The smallest absolute Gasteiger partial charge is 0.299 e. The number of non-ortho nitro benzene ring substituents is 1. The van der Waals surface area contributed by atoms with Gasteiger partial charge in [-0.05, 0) is 36.4 Å². The Labute approximate surface area is 210 Å². The van der Waals surface area contributed by atoms with Gasteiger partial charge in [-0.1, -0.05) is 30.3 Å². The Morgan fingerprint density at radius 3 is 2.30 bits per heavy atom. The molecule has 5 rings (SSSR count). The van der Waals surface area contributed by atoms with Crippen LogP contribution in [-0.4, -0.2) is 51.8 Å². The summed E-state index contributed by atoms with van der Waals surface area (Å²) in [6, 6.07) is 21.5. The molecule has 1 aliphatic heterocycles. The van der Waals surface area contributed by atoms with E-state index in [1.807, 2.05) is 6.07 Å². The van der Waals surface area contributed by atoms with Gasteiger partial charge in [-0.15, -0.1) is 10.2 Å². The maximum absolute atomic E-state index is 13.4. The summed E-state index contributed by atoms with van der Waals surface area (Å²) in [4.78, 5) is 38.8. The monoisotopic (exact) mass is 498 g/mol. The Kier molecular flexibility index (Phi) is 6.68. The van der Waals surface area contributed by atoms with Crippen LogP contribution in [0, 0.1) is 10.1 Å². The average Bonchev–Trinajstić information content (AvgIpc) is 3.28. The van der Waals surface area contributed by atoms with Crippen molar-refractivity contribution in [2.75, 3.05) is 26.3 Å². The first-order valence-corrected chi connectivity index (χ1v) is 11.6. The number of morpholine rings is 1. The molecule has 37 heavy (non-hydrogen) atoms. The number of nitrogens with zero attached hydrogens (tertiary/aromatic N) is 5. The lowest BCUT2D eigenvalue weighted by Gasteiger charge is -2.27. The third kappa shape index (κ3) is 4.93. The number of para-hydroxylation sites is 1. The van der Waals surface area contributed by atoms with Crippen LogP contribution in [0.1, 0.15) is 10.4 Å². The summed E-state index contributed by atoms with van der Waals surface area (Å²) in [6.07, 6.45) is 0. The molecule has 1 aliphatic rings. The van der Waals surface area contributed by atoms with Crippen molar-refractivity contribution in [1.29, 1.82) is 0 Å². The standard InChI is InChI=1S/C26H22N6O5/c33-25(30-14-16-37-17-15-30)21-8-4-5-9-22(21)27-28-24-23(18-10-12-20(13-11-18)32(35)36)29-31(26(24)34)19-6-2-1-3-7-19/h1-13,29H,14-17H2. The molecule has 0 bridgehead atoms. The number of H-pyrrole nitrogens is 1. The minimum atomic E-state index is -0.495. The molecule has 1 aromatic heterocycles. The molecule has 0 spiro atoms. The van der Waals surface area contributed by atoms with E-state index in [1.54, 1.807) is 53.4 Å². The molecule has 2 heterocycles. The van der Waals surface area contributed by atoms with Crippen molar-refractivity contribution in [1.82, 2.24) is 14.7 Å². The van der Waals surface area contributed by atoms with Crippen molar-refractivity contribution in [2.45, 2.75) is 0 Å². The summed E-state index contributed by atoms with van der Waals surface area (Å²) in [5.74, 6) is -0.191. The quantitative estimate of drug-likeness (QED) is 0.235. The molecule has 11 nitrogen and oxygen atoms in total. The van der Waals surface area contributed by atoms with E-state index in [0.717, 1.165) is 0 Å². The molecule has 186 valence electrons. The van der Waals surface area contributed by atoms with Crippen molar-refractivity contribution in [2.24, 2.45) is 10.2 Å². The Hall–Kier alpha value is -4.90. The Morgan fingerprint density at radius 2 is 1.59 bits per heavy atom. The lowest BCUT2D eigenvalue weighted by molar-refractivity contribution is -0.384. The molecule has 11 heteroatoms. The molecule has 1 N–H and O–H groups in total. The Morgan fingerprint density at radius 1 is 0.919 bits per heavy atom. The van der Waals surface area contributed by atoms with Gasteiger partial charge in [-0.3, -0.25) is 24.8 Å². The Balaban J connectivity index is 1.57. The second-order valence-corrected chi connectivity index (χ2v) is 8.24. The fraction of sp³-hybridized carbons (Fsp3) is 0.154. The fourth-order valence-electron chi connectivity index (χ4n) is 4.01. The number of ether oxygens (including phenoxy) is 1. The van der Waals surface area contributed by atoms with E-state index in [2.05, 4.69) is 15.3 Å². The summed E-state index contributed by atoms with van der Waals surface area (Å²) in [5.41, 5.74) is 1.59. The third-order valence-corrected chi connectivity index (χ3v) is 5.94. The highest BCUT2D eigenvalue weighted by atomic mass is 16.6. The Bertz CT molecular complexity index is 1520. The van der Waals surface area contributed by atoms with Gasteiger partial charge in [0.2, 0.25) is 0 Å². The minimum Gasteiger partial charge on any atom is -0.378 e. The average molecular weight is 498 g/mol. The van der Waals surface area contributed by atoms with Gasteiger partial charge in [0.05, 0.1) is 40.8 Å². The first kappa shape index (κ1) is 23.8. The SMILES string of the molecule is O=C(c1ccccc1N=Nc1c(-c2ccc([N+](=O)[O-])cc2)[nH]n(-c2ccccc2)c1=O)N1CCOCC1. The van der Waals surface area contributed by atoms with Crippen molar-refractivity contribution >= 4 is 23.0 Å². The van der Waals surface area contributed by atoms with Gasteiger partial charge in [0.25, 0.3) is 17.2 Å². The number of benzene rings is 3. The molecule has 1 amide bonds. The van der Waals surface area contributed by atoms with Gasteiger partial charge in [-0.2, -0.15) is 0 Å². The number of carbonyl (C=O) groups excluding carboxylic acids is 1. The maximum atomic E-state index is 13.4. The van der Waals surface area contributed by atoms with E-state index in [4.69, 9.17) is 4.74 Å². The predicted molar refractivity (Wildman–Crippen MR) is 136 cm³/mol. The number of azo groups is 1. The van der Waals surface area contributed by atoms with Crippen LogP contribution in [0.4, 0.5) is 17.1 Å². The van der Waals surface area contributed by atoms with Gasteiger partial charge in [0.1, 0.15) is 0 Å². The van der Waals surface area contributed by atoms with Crippen LogP contribution < -0.4 is 5.56 Å².